The van der Waals surface area contributed by atoms with Crippen LogP contribution in [0.15, 0.2) is 48.8 Å². The molecule has 1 saturated heterocycles. The first kappa shape index (κ1) is 13.9. The van der Waals surface area contributed by atoms with Gasteiger partial charge in [-0.15, -0.1) is 0 Å². The lowest BCUT2D eigenvalue weighted by atomic mass is 9.90. The summed E-state index contributed by atoms with van der Waals surface area (Å²) in [5.41, 5.74) is 1.18. The fraction of sp³-hybridized carbons (Fsp3) is 0.474. The lowest BCUT2D eigenvalue weighted by Gasteiger charge is -2.41. The second kappa shape index (κ2) is 6.17. The van der Waals surface area contributed by atoms with Gasteiger partial charge in [0.2, 0.25) is 0 Å². The second-order valence-corrected chi connectivity index (χ2v) is 6.52. The number of ether oxygens (including phenoxy) is 1. The molecule has 1 aliphatic heterocycles. The molecule has 1 saturated carbocycles. The summed E-state index contributed by atoms with van der Waals surface area (Å²) in [5, 5.41) is 0. The summed E-state index contributed by atoms with van der Waals surface area (Å²) in [7, 11) is 0. The van der Waals surface area contributed by atoms with E-state index in [1.165, 1.54) is 38.0 Å². The van der Waals surface area contributed by atoms with E-state index in [2.05, 4.69) is 46.1 Å². The predicted octanol–water partition coefficient (Wildman–Crippen LogP) is 3.87. The summed E-state index contributed by atoms with van der Waals surface area (Å²) in [5.74, 6) is 0.998. The normalized spacial score (nSPS) is 20.7. The topological polar surface area (TPSA) is 17.4 Å². The van der Waals surface area contributed by atoms with Gasteiger partial charge in [0.15, 0.2) is 0 Å². The number of nitrogens with zero attached hydrogens (tertiary/aromatic N) is 2. The van der Waals surface area contributed by atoms with E-state index < -0.39 is 0 Å². The van der Waals surface area contributed by atoms with E-state index in [4.69, 9.17) is 4.74 Å². The summed E-state index contributed by atoms with van der Waals surface area (Å²) >= 11 is 0. The smallest absolute Gasteiger partial charge is 0.119 e. The molecule has 0 spiro atoms. The first-order valence-corrected chi connectivity index (χ1v) is 8.52. The molecule has 1 aromatic heterocycles. The third-order valence-corrected chi connectivity index (χ3v) is 5.11. The van der Waals surface area contributed by atoms with Crippen LogP contribution in [0, 0.1) is 0 Å². The van der Waals surface area contributed by atoms with Crippen LogP contribution in [0.2, 0.25) is 0 Å². The molecule has 4 rings (SSSR count). The Morgan fingerprint density at radius 1 is 0.864 bits per heavy atom. The van der Waals surface area contributed by atoms with Crippen molar-refractivity contribution in [1.29, 1.82) is 0 Å². The van der Waals surface area contributed by atoms with Crippen LogP contribution in [0.4, 0.5) is 0 Å². The minimum absolute atomic E-state index is 0.383. The van der Waals surface area contributed by atoms with Gasteiger partial charge >= 0.3 is 0 Å². The molecule has 0 amide bonds. The maximum Gasteiger partial charge on any atom is 0.119 e. The minimum Gasteiger partial charge on any atom is -0.490 e. The van der Waals surface area contributed by atoms with Crippen LogP contribution in [-0.4, -0.2) is 34.7 Å². The molecule has 0 N–H and O–H groups in total. The van der Waals surface area contributed by atoms with Crippen molar-refractivity contribution in [2.75, 3.05) is 13.1 Å². The second-order valence-electron chi connectivity index (χ2n) is 6.52. The fourth-order valence-corrected chi connectivity index (χ4v) is 3.51. The molecule has 22 heavy (non-hydrogen) atoms. The molecule has 3 nitrogen and oxygen atoms in total. The summed E-state index contributed by atoms with van der Waals surface area (Å²) < 4.78 is 8.28. The van der Waals surface area contributed by atoms with Gasteiger partial charge in [-0.3, -0.25) is 0 Å². The summed E-state index contributed by atoms with van der Waals surface area (Å²) in [4.78, 5) is 2.67. The Hall–Kier alpha value is -1.74. The number of piperidine rings is 1. The van der Waals surface area contributed by atoms with Crippen molar-refractivity contribution in [2.45, 2.75) is 44.2 Å². The van der Waals surface area contributed by atoms with E-state index >= 15 is 0 Å². The van der Waals surface area contributed by atoms with Crippen molar-refractivity contribution in [3.05, 3.63) is 48.8 Å². The van der Waals surface area contributed by atoms with Crippen molar-refractivity contribution in [1.82, 2.24) is 9.47 Å². The SMILES string of the molecule is c1ccn(-c2ccc(OC3CCN(C4CCC4)CC3)cc2)c1. The monoisotopic (exact) mass is 296 g/mol. The van der Waals surface area contributed by atoms with E-state index in [-0.39, 0.29) is 0 Å². The van der Waals surface area contributed by atoms with E-state index in [9.17, 15) is 0 Å². The fourth-order valence-electron chi connectivity index (χ4n) is 3.51. The maximum absolute atomic E-state index is 6.17. The van der Waals surface area contributed by atoms with Crippen molar-refractivity contribution < 1.29 is 4.74 Å². The van der Waals surface area contributed by atoms with Crippen LogP contribution in [-0.2, 0) is 0 Å². The largest absolute Gasteiger partial charge is 0.490 e. The van der Waals surface area contributed by atoms with Gasteiger partial charge in [0.05, 0.1) is 0 Å². The number of likely N-dealkylation sites (tertiary alicyclic amines) is 1. The lowest BCUT2D eigenvalue weighted by molar-refractivity contribution is 0.0493. The number of rotatable bonds is 4. The summed E-state index contributed by atoms with van der Waals surface area (Å²) in [6.45, 7) is 2.41. The van der Waals surface area contributed by atoms with Crippen molar-refractivity contribution in [3.63, 3.8) is 0 Å². The lowest BCUT2D eigenvalue weighted by Crippen LogP contribution is -2.46. The van der Waals surface area contributed by atoms with Gasteiger partial charge < -0.3 is 14.2 Å². The molecular formula is C19H24N2O. The molecule has 0 radical (unpaired) electrons. The Morgan fingerprint density at radius 3 is 2.14 bits per heavy atom. The Balaban J connectivity index is 1.32. The first-order chi connectivity index (χ1) is 10.9. The van der Waals surface area contributed by atoms with Crippen molar-refractivity contribution >= 4 is 0 Å². The van der Waals surface area contributed by atoms with E-state index in [0.29, 0.717) is 6.10 Å². The van der Waals surface area contributed by atoms with Crippen LogP contribution in [0.1, 0.15) is 32.1 Å². The highest BCUT2D eigenvalue weighted by molar-refractivity contribution is 5.37. The van der Waals surface area contributed by atoms with Gasteiger partial charge in [0, 0.05) is 37.2 Å². The summed E-state index contributed by atoms with van der Waals surface area (Å²) in [6.07, 6.45) is 11.1. The van der Waals surface area contributed by atoms with E-state index in [1.807, 2.05) is 12.1 Å². The molecule has 0 unspecified atom stereocenters. The highest BCUT2D eigenvalue weighted by atomic mass is 16.5. The third kappa shape index (κ3) is 2.91. The van der Waals surface area contributed by atoms with Gasteiger partial charge in [-0.05, 0) is 62.1 Å². The van der Waals surface area contributed by atoms with Crippen LogP contribution in [0.25, 0.3) is 5.69 Å². The van der Waals surface area contributed by atoms with Gasteiger partial charge in [-0.25, -0.2) is 0 Å². The number of aromatic nitrogens is 1. The van der Waals surface area contributed by atoms with Gasteiger partial charge in [0.25, 0.3) is 0 Å². The van der Waals surface area contributed by atoms with E-state index in [1.54, 1.807) is 0 Å². The third-order valence-electron chi connectivity index (χ3n) is 5.11. The number of benzene rings is 1. The Morgan fingerprint density at radius 2 is 1.55 bits per heavy atom. The van der Waals surface area contributed by atoms with Crippen molar-refractivity contribution in [3.8, 4) is 11.4 Å². The molecule has 2 fully saturated rings. The minimum atomic E-state index is 0.383. The zero-order valence-electron chi connectivity index (χ0n) is 13.0. The maximum atomic E-state index is 6.17. The predicted molar refractivity (Wildman–Crippen MR) is 88.6 cm³/mol. The summed E-state index contributed by atoms with van der Waals surface area (Å²) in [6, 6.07) is 13.4. The van der Waals surface area contributed by atoms with Gasteiger partial charge in [0.1, 0.15) is 11.9 Å². The van der Waals surface area contributed by atoms with Crippen LogP contribution < -0.4 is 4.74 Å². The Kier molecular flexibility index (Phi) is 3.90. The standard InChI is InChI=1S/C19H24N2O/c1-2-13-20(12-1)17-6-8-18(9-7-17)22-19-10-14-21(15-11-19)16-4-3-5-16/h1-2,6-9,12-13,16,19H,3-5,10-11,14-15H2. The Bertz CT molecular complexity index is 578. The highest BCUT2D eigenvalue weighted by Gasteiger charge is 2.29. The molecule has 2 aromatic rings. The highest BCUT2D eigenvalue weighted by Crippen LogP contribution is 2.28. The molecule has 2 aliphatic rings. The molecule has 1 aliphatic carbocycles. The molecule has 0 bridgehead atoms. The average molecular weight is 296 g/mol. The molecule has 1 aromatic carbocycles. The Labute approximate surface area is 132 Å². The molecule has 2 heterocycles. The number of hydrogen-bond acceptors (Lipinski definition) is 2. The van der Waals surface area contributed by atoms with Crippen LogP contribution in [0.3, 0.4) is 0 Å². The molecule has 3 heteroatoms. The van der Waals surface area contributed by atoms with Gasteiger partial charge in [-0.1, -0.05) is 6.42 Å². The van der Waals surface area contributed by atoms with Crippen LogP contribution >= 0.6 is 0 Å². The average Bonchev–Trinajstić information content (AvgIpc) is 3.03. The van der Waals surface area contributed by atoms with E-state index in [0.717, 1.165) is 24.6 Å². The molecular weight excluding hydrogens is 272 g/mol. The first-order valence-electron chi connectivity index (χ1n) is 8.52. The molecule has 0 atom stereocenters. The molecule has 116 valence electrons. The van der Waals surface area contributed by atoms with Crippen molar-refractivity contribution in [2.24, 2.45) is 0 Å². The number of hydrogen-bond donors (Lipinski definition) is 0. The quantitative estimate of drug-likeness (QED) is 0.852. The van der Waals surface area contributed by atoms with Gasteiger partial charge in [-0.2, -0.15) is 0 Å². The zero-order chi connectivity index (χ0) is 14.8. The zero-order valence-corrected chi connectivity index (χ0v) is 13.0. The van der Waals surface area contributed by atoms with Crippen LogP contribution in [0.5, 0.6) is 5.75 Å².